The molecule has 0 spiro atoms. The lowest BCUT2D eigenvalue weighted by Gasteiger charge is -2.30. The van der Waals surface area contributed by atoms with Crippen molar-refractivity contribution in [1.82, 2.24) is 9.88 Å². The summed E-state index contributed by atoms with van der Waals surface area (Å²) in [5, 5.41) is 2.43. The minimum absolute atomic E-state index is 0.125. The van der Waals surface area contributed by atoms with E-state index in [9.17, 15) is 4.79 Å². The van der Waals surface area contributed by atoms with E-state index in [4.69, 9.17) is 11.6 Å². The molecule has 1 fully saturated rings. The number of pyridine rings is 1. The van der Waals surface area contributed by atoms with Crippen LogP contribution in [0.1, 0.15) is 35.0 Å². The fourth-order valence-electron chi connectivity index (χ4n) is 3.47. The average Bonchev–Trinajstić information content (AvgIpc) is 3.01. The second kappa shape index (κ2) is 6.01. The summed E-state index contributed by atoms with van der Waals surface area (Å²) >= 11 is 7.91. The number of rotatable bonds is 1. The van der Waals surface area contributed by atoms with Crippen molar-refractivity contribution in [2.75, 3.05) is 13.1 Å². The number of aromatic nitrogens is 1. The van der Waals surface area contributed by atoms with Crippen LogP contribution in [0.4, 0.5) is 0 Å². The molecule has 1 atom stereocenters. The summed E-state index contributed by atoms with van der Waals surface area (Å²) in [6.45, 7) is 5.97. The molecule has 3 nitrogen and oxygen atoms in total. The second-order valence-corrected chi connectivity index (χ2v) is 8.19. The van der Waals surface area contributed by atoms with Crippen LogP contribution in [0.5, 0.6) is 0 Å². The molecule has 5 heteroatoms. The summed E-state index contributed by atoms with van der Waals surface area (Å²) in [6.07, 6.45) is 2.29. The van der Waals surface area contributed by atoms with Crippen LogP contribution in [0.15, 0.2) is 24.3 Å². The number of hydrogen-bond acceptors (Lipinski definition) is 3. The van der Waals surface area contributed by atoms with Crippen LogP contribution >= 0.6 is 22.9 Å². The van der Waals surface area contributed by atoms with Crippen LogP contribution in [0.3, 0.4) is 0 Å². The molecule has 4 rings (SSSR count). The number of thiophene rings is 1. The third-order valence-electron chi connectivity index (χ3n) is 4.72. The number of aryl methyl sites for hydroxylation is 1. The molecule has 124 valence electrons. The maximum Gasteiger partial charge on any atom is 0.263 e. The number of benzene rings is 1. The summed E-state index contributed by atoms with van der Waals surface area (Å²) in [6, 6.07) is 8.06. The monoisotopic (exact) mass is 358 g/mol. The van der Waals surface area contributed by atoms with E-state index in [-0.39, 0.29) is 5.91 Å². The van der Waals surface area contributed by atoms with Gasteiger partial charge in [-0.05, 0) is 43.9 Å². The largest absolute Gasteiger partial charge is 0.338 e. The van der Waals surface area contributed by atoms with E-state index in [1.54, 1.807) is 0 Å². The first-order chi connectivity index (χ1) is 11.5. The fourth-order valence-corrected chi connectivity index (χ4v) is 4.92. The number of piperidine rings is 1. The Morgan fingerprint density at radius 3 is 2.96 bits per heavy atom. The van der Waals surface area contributed by atoms with Crippen LogP contribution in [0, 0.1) is 12.8 Å². The highest BCUT2D eigenvalue weighted by Crippen LogP contribution is 2.37. The number of likely N-dealkylation sites (tertiary alicyclic amines) is 1. The van der Waals surface area contributed by atoms with Gasteiger partial charge in [0.1, 0.15) is 5.15 Å². The molecule has 0 N–H and O–H groups in total. The van der Waals surface area contributed by atoms with Gasteiger partial charge in [-0.3, -0.25) is 4.79 Å². The van der Waals surface area contributed by atoms with Crippen molar-refractivity contribution in [3.8, 4) is 0 Å². The van der Waals surface area contributed by atoms with Crippen molar-refractivity contribution < 1.29 is 4.79 Å². The lowest BCUT2D eigenvalue weighted by molar-refractivity contribution is 0.0688. The molecule has 0 aliphatic carbocycles. The van der Waals surface area contributed by atoms with Crippen molar-refractivity contribution in [3.63, 3.8) is 0 Å². The molecule has 0 radical (unpaired) electrons. The van der Waals surface area contributed by atoms with Crippen molar-refractivity contribution in [1.29, 1.82) is 0 Å². The Labute approximate surface area is 150 Å². The Kier molecular flexibility index (Phi) is 3.97. The number of amides is 1. The number of hydrogen-bond donors (Lipinski definition) is 0. The Morgan fingerprint density at radius 1 is 1.33 bits per heavy atom. The van der Waals surface area contributed by atoms with Gasteiger partial charge < -0.3 is 4.90 Å². The third-order valence-corrected chi connectivity index (χ3v) is 6.17. The molecule has 1 aliphatic rings. The van der Waals surface area contributed by atoms with Crippen LogP contribution in [0.25, 0.3) is 21.0 Å². The van der Waals surface area contributed by atoms with Gasteiger partial charge in [0.15, 0.2) is 0 Å². The first kappa shape index (κ1) is 15.9. The molecule has 2 aromatic heterocycles. The molecule has 1 aliphatic heterocycles. The standard InChI is InChI=1S/C19H19ClN2OS/c1-11-5-6-15-13(8-11)17-14(18(20)21-15)9-16(24-17)19(23)22-7-3-4-12(2)10-22/h5-6,8-9,12H,3-4,7,10H2,1-2H3/t12-/m1/s1. The van der Waals surface area contributed by atoms with Gasteiger partial charge in [-0.15, -0.1) is 11.3 Å². The molecule has 1 aromatic carbocycles. The summed E-state index contributed by atoms with van der Waals surface area (Å²) < 4.78 is 1.06. The van der Waals surface area contributed by atoms with Gasteiger partial charge in [-0.25, -0.2) is 4.98 Å². The number of carbonyl (C=O) groups is 1. The number of fused-ring (bicyclic) bond motifs is 3. The van der Waals surface area contributed by atoms with Gasteiger partial charge in [0.2, 0.25) is 0 Å². The van der Waals surface area contributed by atoms with Gasteiger partial charge in [-0.1, -0.05) is 30.2 Å². The molecular weight excluding hydrogens is 340 g/mol. The fraction of sp³-hybridized carbons (Fsp3) is 0.368. The maximum atomic E-state index is 12.9. The first-order valence-corrected chi connectivity index (χ1v) is 9.51. The smallest absolute Gasteiger partial charge is 0.263 e. The Morgan fingerprint density at radius 2 is 2.17 bits per heavy atom. The number of halogens is 1. The van der Waals surface area contributed by atoms with E-state index >= 15 is 0 Å². The highest BCUT2D eigenvalue weighted by Gasteiger charge is 2.24. The van der Waals surface area contributed by atoms with Crippen LogP contribution in [-0.4, -0.2) is 28.9 Å². The highest BCUT2D eigenvalue weighted by atomic mass is 35.5. The molecule has 3 heterocycles. The number of nitrogens with zero attached hydrogens (tertiary/aromatic N) is 2. The van der Waals surface area contributed by atoms with Crippen molar-refractivity contribution in [3.05, 3.63) is 39.9 Å². The van der Waals surface area contributed by atoms with Crippen molar-refractivity contribution in [2.24, 2.45) is 5.92 Å². The van der Waals surface area contributed by atoms with E-state index in [0.29, 0.717) is 11.1 Å². The van der Waals surface area contributed by atoms with Crippen molar-refractivity contribution >= 4 is 49.8 Å². The van der Waals surface area contributed by atoms with E-state index in [0.717, 1.165) is 45.4 Å². The van der Waals surface area contributed by atoms with Crippen LogP contribution < -0.4 is 0 Å². The van der Waals surface area contributed by atoms with E-state index in [1.165, 1.54) is 23.3 Å². The lowest BCUT2D eigenvalue weighted by Crippen LogP contribution is -2.38. The van der Waals surface area contributed by atoms with Gasteiger partial charge in [-0.2, -0.15) is 0 Å². The second-order valence-electron chi connectivity index (χ2n) is 6.78. The van der Waals surface area contributed by atoms with Crippen LogP contribution in [0.2, 0.25) is 5.15 Å². The number of carbonyl (C=O) groups excluding carboxylic acids is 1. The quantitative estimate of drug-likeness (QED) is 0.554. The van der Waals surface area contributed by atoms with Gasteiger partial charge in [0.25, 0.3) is 5.91 Å². The maximum absolute atomic E-state index is 12.9. The highest BCUT2D eigenvalue weighted by molar-refractivity contribution is 7.21. The normalized spacial score (nSPS) is 18.5. The zero-order chi connectivity index (χ0) is 16.8. The molecule has 1 amide bonds. The Hall–Kier alpha value is -1.65. The molecule has 0 saturated carbocycles. The molecule has 0 bridgehead atoms. The van der Waals surface area contributed by atoms with Crippen LogP contribution in [-0.2, 0) is 0 Å². The van der Waals surface area contributed by atoms with Crippen molar-refractivity contribution in [2.45, 2.75) is 26.7 Å². The van der Waals surface area contributed by atoms with Gasteiger partial charge in [0.05, 0.1) is 10.4 Å². The Balaban J connectivity index is 1.83. The topological polar surface area (TPSA) is 33.2 Å². The lowest BCUT2D eigenvalue weighted by atomic mass is 10.0. The first-order valence-electron chi connectivity index (χ1n) is 8.31. The zero-order valence-electron chi connectivity index (χ0n) is 13.8. The van der Waals surface area contributed by atoms with E-state index < -0.39 is 0 Å². The summed E-state index contributed by atoms with van der Waals surface area (Å²) in [5.41, 5.74) is 2.06. The average molecular weight is 359 g/mol. The summed E-state index contributed by atoms with van der Waals surface area (Å²) in [5.74, 6) is 0.699. The predicted molar refractivity (Wildman–Crippen MR) is 101 cm³/mol. The van der Waals surface area contributed by atoms with Gasteiger partial charge in [0, 0.05) is 28.6 Å². The SMILES string of the molecule is Cc1ccc2nc(Cl)c3cc(C(=O)N4CCC[C@@H](C)C4)sc3c2c1. The summed E-state index contributed by atoms with van der Waals surface area (Å²) in [4.78, 5) is 20.1. The predicted octanol–water partition coefficient (Wildman–Crippen LogP) is 5.28. The third kappa shape index (κ3) is 2.68. The zero-order valence-corrected chi connectivity index (χ0v) is 15.4. The molecule has 0 unspecified atom stereocenters. The van der Waals surface area contributed by atoms with E-state index in [2.05, 4.69) is 24.9 Å². The minimum atomic E-state index is 0.125. The van der Waals surface area contributed by atoms with Gasteiger partial charge >= 0.3 is 0 Å². The summed E-state index contributed by atoms with van der Waals surface area (Å²) in [7, 11) is 0. The molecule has 24 heavy (non-hydrogen) atoms. The molecule has 1 saturated heterocycles. The molecule has 3 aromatic rings. The van der Waals surface area contributed by atoms with E-state index in [1.807, 2.05) is 23.1 Å². The Bertz CT molecular complexity index is 949. The molecular formula is C19H19ClN2OS. The minimum Gasteiger partial charge on any atom is -0.338 e.